The van der Waals surface area contributed by atoms with Gasteiger partial charge in [0.15, 0.2) is 16.4 Å². The summed E-state index contributed by atoms with van der Waals surface area (Å²) in [5, 5.41) is 14.4. The lowest BCUT2D eigenvalue weighted by molar-refractivity contribution is -0.274. The molecule has 3 aromatic carbocycles. The highest BCUT2D eigenvalue weighted by Crippen LogP contribution is 2.48. The maximum Gasteiger partial charge on any atom is 0.573 e. The maximum atomic E-state index is 14.7. The third-order valence-electron chi connectivity index (χ3n) is 6.38. The van der Waals surface area contributed by atoms with Crippen LogP contribution in [0.4, 0.5) is 33.3 Å². The molecular formula is C27H19F5N6O3S. The Morgan fingerprint density at radius 3 is 2.36 bits per heavy atom. The average Bonchev–Trinajstić information content (AvgIpc) is 3.30. The number of aromatic nitrogens is 2. The van der Waals surface area contributed by atoms with E-state index >= 15 is 0 Å². The molecule has 0 atom stereocenters. The number of thiol groups is 1. The number of anilines is 2. The molecule has 0 saturated carbocycles. The first-order valence-electron chi connectivity index (χ1n) is 11.9. The van der Waals surface area contributed by atoms with Crippen LogP contribution in [0.25, 0.3) is 28.1 Å². The summed E-state index contributed by atoms with van der Waals surface area (Å²) in [4.78, 5) is 0.0798. The quantitative estimate of drug-likeness (QED) is 0.199. The molecule has 1 aromatic heterocycles. The lowest BCUT2D eigenvalue weighted by atomic mass is 9.97. The number of hydrazine groups is 1. The zero-order valence-corrected chi connectivity index (χ0v) is 22.3. The van der Waals surface area contributed by atoms with Gasteiger partial charge in [-0.3, -0.25) is 15.1 Å². The number of aryl methyl sites for hydroxylation is 1. The summed E-state index contributed by atoms with van der Waals surface area (Å²) < 4.78 is 95.6. The number of fused-ring (bicyclic) bond motifs is 3. The van der Waals surface area contributed by atoms with Crippen LogP contribution in [0.15, 0.2) is 77.8 Å². The fourth-order valence-corrected chi connectivity index (χ4v) is 5.05. The molecule has 216 valence electrons. The van der Waals surface area contributed by atoms with Crippen LogP contribution in [0, 0.1) is 11.3 Å². The van der Waals surface area contributed by atoms with Crippen molar-refractivity contribution in [2.45, 2.75) is 17.2 Å². The summed E-state index contributed by atoms with van der Waals surface area (Å²) in [6, 6.07) is 16.7. The molecule has 5 rings (SSSR count). The number of nitriles is 1. The Hall–Kier alpha value is -5.10. The number of ether oxygens (including phenoxy) is 1. The smallest absolute Gasteiger partial charge is 0.406 e. The van der Waals surface area contributed by atoms with E-state index in [-0.39, 0.29) is 27.5 Å². The second-order valence-corrected chi connectivity index (χ2v) is 10.0. The minimum atomic E-state index is -4.91. The Labute approximate surface area is 236 Å². The monoisotopic (exact) mass is 602 g/mol. The second kappa shape index (κ2) is 10.4. The maximum absolute atomic E-state index is 14.7. The van der Waals surface area contributed by atoms with Crippen molar-refractivity contribution >= 4 is 27.8 Å². The van der Waals surface area contributed by atoms with Crippen molar-refractivity contribution in [1.29, 1.82) is 5.26 Å². The number of halogens is 5. The first-order chi connectivity index (χ1) is 19.8. The van der Waals surface area contributed by atoms with Crippen LogP contribution in [-0.2, 0) is 23.7 Å². The van der Waals surface area contributed by atoms with Crippen LogP contribution < -0.4 is 20.9 Å². The second-order valence-electron chi connectivity index (χ2n) is 8.99. The highest BCUT2D eigenvalue weighted by molar-refractivity contribution is 7.72. The van der Waals surface area contributed by atoms with E-state index in [4.69, 9.17) is 11.0 Å². The summed E-state index contributed by atoms with van der Waals surface area (Å²) in [6.07, 6.45) is -3.79. The lowest BCUT2D eigenvalue weighted by Gasteiger charge is -2.35. The molecule has 15 heteroatoms. The highest BCUT2D eigenvalue weighted by atomic mass is 32.2. The highest BCUT2D eigenvalue weighted by Gasteiger charge is 2.42. The third-order valence-corrected chi connectivity index (χ3v) is 7.07. The van der Waals surface area contributed by atoms with Crippen molar-refractivity contribution in [3.05, 3.63) is 84.2 Å². The van der Waals surface area contributed by atoms with Gasteiger partial charge in [-0.25, -0.2) is 8.42 Å². The summed E-state index contributed by atoms with van der Waals surface area (Å²) in [5.74, 6) is -4.46. The molecule has 42 heavy (non-hydrogen) atoms. The Morgan fingerprint density at radius 2 is 1.74 bits per heavy atom. The predicted octanol–water partition coefficient (Wildman–Crippen LogP) is 5.34. The molecule has 2 heterocycles. The van der Waals surface area contributed by atoms with Crippen molar-refractivity contribution in [2.24, 2.45) is 12.8 Å². The SMILES string of the molecule is Cn1nc(C(F)(F)C#N)c2c1-c1ccc(-c3cccc([SH](=O)=O)c3)cc1N(/C(=C\N)c1ccc(OC(F)(F)F)cc1)N2. The van der Waals surface area contributed by atoms with E-state index in [0.29, 0.717) is 22.4 Å². The van der Waals surface area contributed by atoms with Gasteiger partial charge in [-0.15, -0.1) is 13.2 Å². The lowest BCUT2D eigenvalue weighted by Crippen LogP contribution is -2.33. The zero-order chi connectivity index (χ0) is 30.4. The summed E-state index contributed by atoms with van der Waals surface area (Å²) in [6.45, 7) is 0. The predicted molar refractivity (Wildman–Crippen MR) is 144 cm³/mol. The molecule has 4 aromatic rings. The van der Waals surface area contributed by atoms with E-state index < -0.39 is 34.4 Å². The van der Waals surface area contributed by atoms with Crippen molar-refractivity contribution in [2.75, 3.05) is 10.4 Å². The zero-order valence-electron chi connectivity index (χ0n) is 21.4. The molecule has 3 N–H and O–H groups in total. The summed E-state index contributed by atoms with van der Waals surface area (Å²) >= 11 is 0. The van der Waals surface area contributed by atoms with Gasteiger partial charge in [0.2, 0.25) is 0 Å². The molecule has 0 spiro atoms. The van der Waals surface area contributed by atoms with Crippen LogP contribution >= 0.6 is 0 Å². The van der Waals surface area contributed by atoms with Crippen LogP contribution in [0.1, 0.15) is 11.3 Å². The van der Waals surface area contributed by atoms with Gasteiger partial charge in [-0.1, -0.05) is 18.2 Å². The van der Waals surface area contributed by atoms with Crippen LogP contribution in [0.2, 0.25) is 0 Å². The standard InChI is InChI=1S/C27H19F5N6O3S/c1-37-24-20-10-7-17(16-3-2-4-19(11-16)42(39)40)12-21(20)38(35-23(24)25(36-37)26(28,29)14-34)22(13-33)15-5-8-18(9-6-15)41-27(30,31)32/h2-13,35,42H,33H2,1H3/b22-13-. The van der Waals surface area contributed by atoms with Crippen LogP contribution in [-0.4, -0.2) is 24.6 Å². The van der Waals surface area contributed by atoms with Gasteiger partial charge < -0.3 is 10.5 Å². The Morgan fingerprint density at radius 1 is 1.05 bits per heavy atom. The van der Waals surface area contributed by atoms with Gasteiger partial charge in [0.05, 0.1) is 22.0 Å². The topological polar surface area (TPSA) is 126 Å². The Bertz CT molecular complexity index is 1830. The fraction of sp³-hybridized carbons (Fsp3) is 0.111. The molecule has 0 saturated heterocycles. The molecule has 0 radical (unpaired) electrons. The number of benzene rings is 3. The van der Waals surface area contributed by atoms with Gasteiger partial charge in [0.25, 0.3) is 0 Å². The number of hydrogen-bond donors (Lipinski definition) is 3. The van der Waals surface area contributed by atoms with E-state index in [0.717, 1.165) is 24.4 Å². The first-order valence-corrected chi connectivity index (χ1v) is 13.1. The first kappa shape index (κ1) is 28.4. The van der Waals surface area contributed by atoms with Gasteiger partial charge >= 0.3 is 12.3 Å². The minimum Gasteiger partial charge on any atom is -0.406 e. The minimum absolute atomic E-state index is 0.0798. The van der Waals surface area contributed by atoms with E-state index in [1.807, 2.05) is 0 Å². The molecule has 1 aliphatic heterocycles. The van der Waals surface area contributed by atoms with Gasteiger partial charge in [0, 0.05) is 24.4 Å². The summed E-state index contributed by atoms with van der Waals surface area (Å²) in [5.41, 5.74) is 10.3. The largest absolute Gasteiger partial charge is 0.573 e. The van der Waals surface area contributed by atoms with E-state index in [9.17, 15) is 30.4 Å². The van der Waals surface area contributed by atoms with Crippen molar-refractivity contribution in [3.8, 4) is 34.2 Å². The van der Waals surface area contributed by atoms with Crippen molar-refractivity contribution < 1.29 is 35.1 Å². The molecule has 9 nitrogen and oxygen atoms in total. The number of hydrogen-bond acceptors (Lipinski definition) is 8. The Balaban J connectivity index is 1.69. The number of nitrogens with two attached hydrogens (primary N) is 1. The fourth-order valence-electron chi connectivity index (χ4n) is 4.60. The number of nitrogens with zero attached hydrogens (tertiary/aromatic N) is 4. The number of alkyl halides is 5. The van der Waals surface area contributed by atoms with E-state index in [1.54, 1.807) is 30.3 Å². The number of rotatable bonds is 6. The van der Waals surface area contributed by atoms with Crippen LogP contribution in [0.3, 0.4) is 0 Å². The van der Waals surface area contributed by atoms with E-state index in [1.165, 1.54) is 41.0 Å². The van der Waals surface area contributed by atoms with Gasteiger partial charge in [-0.2, -0.15) is 19.1 Å². The Kier molecular flexibility index (Phi) is 7.03. The summed E-state index contributed by atoms with van der Waals surface area (Å²) in [7, 11) is -1.43. The molecule has 0 unspecified atom stereocenters. The number of nitrogens with one attached hydrogen (secondary N) is 1. The van der Waals surface area contributed by atoms with Gasteiger partial charge in [-0.05, 0) is 59.7 Å². The molecule has 0 aliphatic carbocycles. The van der Waals surface area contributed by atoms with E-state index in [2.05, 4.69) is 15.3 Å². The molecule has 0 bridgehead atoms. The molecule has 0 amide bonds. The van der Waals surface area contributed by atoms with Crippen molar-refractivity contribution in [1.82, 2.24) is 9.78 Å². The molecule has 1 aliphatic rings. The average molecular weight is 603 g/mol. The normalized spacial score (nSPS) is 13.3. The van der Waals surface area contributed by atoms with Crippen LogP contribution in [0.5, 0.6) is 5.75 Å². The molecule has 0 fully saturated rings. The third kappa shape index (κ3) is 5.19. The van der Waals surface area contributed by atoms with Gasteiger partial charge in [0.1, 0.15) is 17.5 Å². The molecular weight excluding hydrogens is 583 g/mol. The van der Waals surface area contributed by atoms with Crippen molar-refractivity contribution in [3.63, 3.8) is 0 Å².